The van der Waals surface area contributed by atoms with Gasteiger partial charge in [-0.15, -0.1) is 0 Å². The van der Waals surface area contributed by atoms with E-state index in [1.54, 1.807) is 16.9 Å². The van der Waals surface area contributed by atoms with Gasteiger partial charge in [0.15, 0.2) is 0 Å². The third kappa shape index (κ3) is 2.52. The molecule has 17 heavy (non-hydrogen) atoms. The van der Waals surface area contributed by atoms with Crippen LogP contribution in [0, 0.1) is 11.3 Å². The minimum Gasteiger partial charge on any atom is -0.397 e. The summed E-state index contributed by atoms with van der Waals surface area (Å²) in [6.07, 6.45) is 5.18. The Morgan fingerprint density at radius 2 is 2.35 bits per heavy atom. The highest BCUT2D eigenvalue weighted by Crippen LogP contribution is 2.15. The maximum atomic E-state index is 8.94. The molecule has 0 saturated carbocycles. The van der Waals surface area contributed by atoms with Crippen LogP contribution in [0.25, 0.3) is 0 Å². The normalized spacial score (nSPS) is 9.88. The van der Waals surface area contributed by atoms with Crippen molar-refractivity contribution in [2.45, 2.75) is 6.54 Å². The Morgan fingerprint density at radius 3 is 3.00 bits per heavy atom. The molecule has 0 fully saturated rings. The first-order valence-corrected chi connectivity index (χ1v) is 5.06. The van der Waals surface area contributed by atoms with E-state index in [0.29, 0.717) is 23.6 Å². The summed E-state index contributed by atoms with van der Waals surface area (Å²) in [7, 11) is 1.85. The van der Waals surface area contributed by atoms with E-state index in [1.165, 1.54) is 6.20 Å². The van der Waals surface area contributed by atoms with Gasteiger partial charge in [0.05, 0.1) is 23.6 Å². The summed E-state index contributed by atoms with van der Waals surface area (Å²) in [5, 5.41) is 16.1. The summed E-state index contributed by atoms with van der Waals surface area (Å²) in [5.41, 5.74) is 7.50. The molecule has 0 unspecified atom stereocenters. The predicted octanol–water partition coefficient (Wildman–Crippen LogP) is 0.881. The molecule has 0 amide bonds. The average Bonchev–Trinajstić information content (AvgIpc) is 2.73. The van der Waals surface area contributed by atoms with Crippen LogP contribution in [0.1, 0.15) is 11.1 Å². The Morgan fingerprint density at radius 1 is 1.53 bits per heavy atom. The van der Waals surface area contributed by atoms with Gasteiger partial charge in [0, 0.05) is 25.4 Å². The molecular formula is C11H12N6. The summed E-state index contributed by atoms with van der Waals surface area (Å²) in [6.45, 7) is 0.569. The maximum absolute atomic E-state index is 8.94. The van der Waals surface area contributed by atoms with E-state index in [-0.39, 0.29) is 0 Å². The number of nitriles is 1. The molecule has 3 N–H and O–H groups in total. The molecular weight excluding hydrogens is 216 g/mol. The second-order valence-corrected chi connectivity index (χ2v) is 3.65. The van der Waals surface area contributed by atoms with E-state index in [9.17, 15) is 0 Å². The van der Waals surface area contributed by atoms with Crippen LogP contribution >= 0.6 is 0 Å². The topological polar surface area (TPSA) is 92.5 Å². The minimum absolute atomic E-state index is 0.439. The molecule has 2 heterocycles. The third-order valence-corrected chi connectivity index (χ3v) is 2.25. The molecule has 0 atom stereocenters. The van der Waals surface area contributed by atoms with Crippen molar-refractivity contribution < 1.29 is 0 Å². The Balaban J connectivity index is 2.12. The van der Waals surface area contributed by atoms with E-state index in [1.807, 2.05) is 13.2 Å². The van der Waals surface area contributed by atoms with Crippen LogP contribution in [0.5, 0.6) is 0 Å². The Hall–Kier alpha value is -2.55. The molecule has 0 saturated heterocycles. The molecule has 0 radical (unpaired) electrons. The molecule has 6 heteroatoms. The van der Waals surface area contributed by atoms with Crippen molar-refractivity contribution in [3.8, 4) is 6.07 Å². The lowest BCUT2D eigenvalue weighted by Crippen LogP contribution is -2.03. The lowest BCUT2D eigenvalue weighted by Gasteiger charge is -2.05. The van der Waals surface area contributed by atoms with Crippen molar-refractivity contribution in [3.63, 3.8) is 0 Å². The lowest BCUT2D eigenvalue weighted by atomic mass is 10.2. The summed E-state index contributed by atoms with van der Waals surface area (Å²) < 4.78 is 1.72. The molecule has 0 aliphatic carbocycles. The van der Waals surface area contributed by atoms with Gasteiger partial charge in [-0.05, 0) is 6.07 Å². The molecule has 0 aromatic carbocycles. The quantitative estimate of drug-likeness (QED) is 0.813. The van der Waals surface area contributed by atoms with E-state index in [4.69, 9.17) is 11.0 Å². The highest BCUT2D eigenvalue weighted by atomic mass is 15.2. The van der Waals surface area contributed by atoms with Gasteiger partial charge in [0.2, 0.25) is 0 Å². The number of anilines is 2. The van der Waals surface area contributed by atoms with Gasteiger partial charge in [-0.2, -0.15) is 10.4 Å². The van der Waals surface area contributed by atoms with Crippen molar-refractivity contribution >= 4 is 11.5 Å². The zero-order valence-corrected chi connectivity index (χ0v) is 9.38. The fourth-order valence-corrected chi connectivity index (χ4v) is 1.46. The molecule has 86 valence electrons. The molecule has 0 aliphatic heterocycles. The molecule has 0 spiro atoms. The number of nitrogens with zero attached hydrogens (tertiary/aromatic N) is 4. The zero-order chi connectivity index (χ0) is 12.3. The first kappa shape index (κ1) is 11.0. The molecule has 2 aromatic rings. The second-order valence-electron chi connectivity index (χ2n) is 3.65. The van der Waals surface area contributed by atoms with E-state index in [0.717, 1.165) is 5.56 Å². The predicted molar refractivity (Wildman–Crippen MR) is 63.9 cm³/mol. The van der Waals surface area contributed by atoms with Gasteiger partial charge in [0.1, 0.15) is 11.9 Å². The smallest absolute Gasteiger partial charge is 0.144 e. The van der Waals surface area contributed by atoms with Crippen molar-refractivity contribution in [1.82, 2.24) is 14.8 Å². The van der Waals surface area contributed by atoms with Crippen molar-refractivity contribution in [3.05, 3.63) is 35.8 Å². The van der Waals surface area contributed by atoms with Crippen molar-refractivity contribution in [2.75, 3.05) is 11.1 Å². The van der Waals surface area contributed by atoms with Gasteiger partial charge < -0.3 is 11.1 Å². The van der Waals surface area contributed by atoms with Gasteiger partial charge in [-0.1, -0.05) is 0 Å². The average molecular weight is 228 g/mol. The van der Waals surface area contributed by atoms with E-state index in [2.05, 4.69) is 21.5 Å². The highest BCUT2D eigenvalue weighted by molar-refractivity contribution is 5.57. The summed E-state index contributed by atoms with van der Waals surface area (Å²) in [4.78, 5) is 4.09. The molecule has 2 rings (SSSR count). The number of hydrogen-bond donors (Lipinski definition) is 2. The van der Waals surface area contributed by atoms with E-state index < -0.39 is 0 Å². The SMILES string of the molecule is Cn1cc(CNc2ncc(N)cc2C#N)cn1. The van der Waals surface area contributed by atoms with E-state index >= 15 is 0 Å². The highest BCUT2D eigenvalue weighted by Gasteiger charge is 2.04. The summed E-state index contributed by atoms with van der Waals surface area (Å²) in [6, 6.07) is 3.65. The van der Waals surface area contributed by atoms with Gasteiger partial charge in [-0.25, -0.2) is 4.98 Å². The molecule has 0 bridgehead atoms. The Kier molecular flexibility index (Phi) is 2.92. The monoisotopic (exact) mass is 228 g/mol. The molecule has 2 aromatic heterocycles. The van der Waals surface area contributed by atoms with Crippen LogP contribution in [0.4, 0.5) is 11.5 Å². The van der Waals surface area contributed by atoms with Gasteiger partial charge in [-0.3, -0.25) is 4.68 Å². The summed E-state index contributed by atoms with van der Waals surface area (Å²) >= 11 is 0. The van der Waals surface area contributed by atoms with Crippen LogP contribution in [0.2, 0.25) is 0 Å². The number of rotatable bonds is 3. The summed E-state index contributed by atoms with van der Waals surface area (Å²) in [5.74, 6) is 0.533. The first-order valence-electron chi connectivity index (χ1n) is 5.06. The molecule has 6 nitrogen and oxygen atoms in total. The fraction of sp³-hybridized carbons (Fsp3) is 0.182. The number of nitrogens with two attached hydrogens (primary N) is 1. The number of aryl methyl sites for hydroxylation is 1. The van der Waals surface area contributed by atoms with Crippen LogP contribution in [-0.2, 0) is 13.6 Å². The second kappa shape index (κ2) is 4.53. The number of hydrogen-bond acceptors (Lipinski definition) is 5. The Labute approximate surface area is 98.7 Å². The van der Waals surface area contributed by atoms with Crippen molar-refractivity contribution in [1.29, 1.82) is 5.26 Å². The fourth-order valence-electron chi connectivity index (χ4n) is 1.46. The standard InChI is InChI=1S/C11H12N6/c1-17-7-8(5-16-17)4-14-11-9(3-12)2-10(13)6-15-11/h2,5-7H,4,13H2,1H3,(H,14,15). The number of nitrogen functional groups attached to an aromatic ring is 1. The number of pyridine rings is 1. The number of aromatic nitrogens is 3. The lowest BCUT2D eigenvalue weighted by molar-refractivity contribution is 0.767. The maximum Gasteiger partial charge on any atom is 0.144 e. The van der Waals surface area contributed by atoms with Crippen molar-refractivity contribution in [2.24, 2.45) is 7.05 Å². The molecule has 0 aliphatic rings. The van der Waals surface area contributed by atoms with Crippen LogP contribution in [-0.4, -0.2) is 14.8 Å². The zero-order valence-electron chi connectivity index (χ0n) is 9.38. The van der Waals surface area contributed by atoms with Gasteiger partial charge in [0.25, 0.3) is 0 Å². The van der Waals surface area contributed by atoms with Gasteiger partial charge >= 0.3 is 0 Å². The van der Waals surface area contributed by atoms with Crippen LogP contribution in [0.3, 0.4) is 0 Å². The minimum atomic E-state index is 0.439. The van der Waals surface area contributed by atoms with Crippen LogP contribution in [0.15, 0.2) is 24.7 Å². The first-order chi connectivity index (χ1) is 8.19. The third-order valence-electron chi connectivity index (χ3n) is 2.25. The Bertz CT molecular complexity index is 566. The largest absolute Gasteiger partial charge is 0.397 e. The number of nitrogens with one attached hydrogen (secondary N) is 1. The van der Waals surface area contributed by atoms with Crippen LogP contribution < -0.4 is 11.1 Å².